The quantitative estimate of drug-likeness (QED) is 0.0890. The van der Waals surface area contributed by atoms with Gasteiger partial charge in [-0.05, 0) is 114 Å². The van der Waals surface area contributed by atoms with Crippen LogP contribution in [0.4, 0.5) is 0 Å². The summed E-state index contributed by atoms with van der Waals surface area (Å²) in [5, 5.41) is 31.6. The molecule has 3 heterocycles. The van der Waals surface area contributed by atoms with Crippen molar-refractivity contribution in [2.75, 3.05) is 41.1 Å². The smallest absolute Gasteiger partial charge is 0.329 e. The number of methoxy groups -OCH3 is 3. The number of hydrogen-bond donors (Lipinski definition) is 3. The number of carbonyl (C=O) groups excluding carboxylic acids is 7. The van der Waals surface area contributed by atoms with Gasteiger partial charge in [0.05, 0.1) is 31.5 Å². The highest BCUT2D eigenvalue weighted by Crippen LogP contribution is 2.39. The Morgan fingerprint density at radius 2 is 1.53 bits per heavy atom. The fourth-order valence-corrected chi connectivity index (χ4v) is 11.0. The minimum absolute atomic E-state index is 0.0328. The molecule has 1 amide bonds. The van der Waals surface area contributed by atoms with Crippen molar-refractivity contribution < 1.29 is 82.0 Å². The van der Waals surface area contributed by atoms with Gasteiger partial charge in [0, 0.05) is 65.4 Å². The van der Waals surface area contributed by atoms with E-state index in [0.29, 0.717) is 63.4 Å². The lowest BCUT2D eigenvalue weighted by atomic mass is 9.78. The number of carbonyl (C=O) groups is 7. The molecule has 3 fully saturated rings. The largest absolute Gasteiger partial charge is 0.460 e. The Labute approximate surface area is 450 Å². The van der Waals surface area contributed by atoms with Crippen LogP contribution in [0.1, 0.15) is 139 Å². The molecule has 0 aromatic heterocycles. The second-order valence-electron chi connectivity index (χ2n) is 22.4. The molecule has 15 atom stereocenters. The number of amides is 1. The monoisotopic (exact) mass is 1070 g/mol. The Morgan fingerprint density at radius 3 is 2.16 bits per heavy atom. The molecule has 3 N–H and O–H groups in total. The third-order valence-electron chi connectivity index (χ3n) is 16.2. The van der Waals surface area contributed by atoms with Crippen LogP contribution in [0.5, 0.6) is 0 Å². The van der Waals surface area contributed by atoms with Crippen molar-refractivity contribution in [3.63, 3.8) is 0 Å². The van der Waals surface area contributed by atoms with Gasteiger partial charge in [-0.15, -0.1) is 0 Å². The molecule has 4 aliphatic rings. The summed E-state index contributed by atoms with van der Waals surface area (Å²) >= 11 is 0. The van der Waals surface area contributed by atoms with Gasteiger partial charge in [-0.2, -0.15) is 0 Å². The highest BCUT2D eigenvalue weighted by Gasteiger charge is 2.53. The lowest BCUT2D eigenvalue weighted by Gasteiger charge is -2.42. The Kier molecular flexibility index (Phi) is 24.9. The molecule has 0 spiro atoms. The van der Waals surface area contributed by atoms with Crippen LogP contribution in [-0.2, 0) is 66.7 Å². The van der Waals surface area contributed by atoms with E-state index < -0.39 is 126 Å². The molecule has 1 saturated carbocycles. The third-order valence-corrected chi connectivity index (χ3v) is 16.2. The van der Waals surface area contributed by atoms with E-state index in [2.05, 4.69) is 0 Å². The number of Topliss-reactive ketones (excluding diaryl/α,β-unsaturated/α-hetero) is 3. The number of aliphatic hydroxyl groups excluding tert-OH is 2. The fourth-order valence-electron chi connectivity index (χ4n) is 11.0. The maximum absolute atomic E-state index is 14.6. The van der Waals surface area contributed by atoms with Crippen molar-refractivity contribution in [2.24, 2.45) is 40.9 Å². The number of esters is 3. The van der Waals surface area contributed by atoms with Crippen molar-refractivity contribution in [3.05, 3.63) is 47.6 Å². The summed E-state index contributed by atoms with van der Waals surface area (Å²) in [6.07, 6.45) is 9.70. The average molecular weight is 1070 g/mol. The summed E-state index contributed by atoms with van der Waals surface area (Å²) in [5.74, 6) is -10.3. The molecular weight excluding hydrogens is 983 g/mol. The van der Waals surface area contributed by atoms with Crippen molar-refractivity contribution >= 4 is 41.2 Å². The highest BCUT2D eigenvalue weighted by molar-refractivity contribution is 6.39. The van der Waals surface area contributed by atoms with Crippen LogP contribution in [0.25, 0.3) is 0 Å². The van der Waals surface area contributed by atoms with Gasteiger partial charge in [0.2, 0.25) is 5.79 Å². The Bertz CT molecular complexity index is 2130. The zero-order chi connectivity index (χ0) is 56.7. The van der Waals surface area contributed by atoms with E-state index in [1.54, 1.807) is 40.9 Å². The van der Waals surface area contributed by atoms with Gasteiger partial charge in [0.15, 0.2) is 18.0 Å². The Morgan fingerprint density at radius 1 is 0.829 bits per heavy atom. The number of ether oxygens (including phenoxy) is 7. The summed E-state index contributed by atoms with van der Waals surface area (Å²) in [4.78, 5) is 98.7. The van der Waals surface area contributed by atoms with Crippen LogP contribution < -0.4 is 0 Å². The molecule has 3 aliphatic heterocycles. The van der Waals surface area contributed by atoms with Gasteiger partial charge in [-0.3, -0.25) is 28.8 Å². The lowest BCUT2D eigenvalue weighted by Crippen LogP contribution is -2.61. The van der Waals surface area contributed by atoms with E-state index in [4.69, 9.17) is 33.2 Å². The first kappa shape index (κ1) is 64.1. The van der Waals surface area contributed by atoms with E-state index in [9.17, 15) is 48.9 Å². The molecular formula is C58H89NO17. The molecule has 18 heteroatoms. The first-order valence-corrected chi connectivity index (χ1v) is 27.3. The minimum Gasteiger partial charge on any atom is -0.460 e. The predicted octanol–water partition coefficient (Wildman–Crippen LogP) is 6.29. The number of allylic oxidation sites excluding steroid dienone is 6. The molecule has 18 nitrogen and oxygen atoms in total. The number of fused-ring (bicyclic) bond motifs is 3. The summed E-state index contributed by atoms with van der Waals surface area (Å²) in [6, 6.07) is -1.22. The number of nitrogens with zero attached hydrogens (tertiary/aromatic N) is 1. The summed E-state index contributed by atoms with van der Waals surface area (Å²) in [5.41, 5.74) is -0.247. The SMILES string of the molecule is CO[C@H]1C[C@@H]2CC[C@@H](C)[C@@](O)(O2)C(=O)C(=O)N2CCCC[C@H]2C(=O)O[C@H]([C@H](C)C[C@@H]2CC[C@@H](OC(=O)C(C)(CO)CO)[C@H](OC)C2)CC(=O)[C@H](C)/C=C(\C)[C@@H](OC(C)=O)[C@@H](OC)C(=O)[C@H](C)C[C@H](C)/C=C/C=C/C=C/1C. The maximum atomic E-state index is 14.6. The van der Waals surface area contributed by atoms with Crippen LogP contribution in [0.3, 0.4) is 0 Å². The topological polar surface area (TPSA) is 248 Å². The molecule has 1 aliphatic carbocycles. The molecule has 0 aromatic rings. The van der Waals surface area contributed by atoms with Crippen LogP contribution >= 0.6 is 0 Å². The van der Waals surface area contributed by atoms with Crippen molar-refractivity contribution in [2.45, 2.75) is 194 Å². The van der Waals surface area contributed by atoms with E-state index >= 15 is 0 Å². The third kappa shape index (κ3) is 16.8. The lowest BCUT2D eigenvalue weighted by molar-refractivity contribution is -0.265. The summed E-state index contributed by atoms with van der Waals surface area (Å²) in [6.45, 7) is 13.9. The van der Waals surface area contributed by atoms with Crippen LogP contribution in [0.15, 0.2) is 47.6 Å². The van der Waals surface area contributed by atoms with Gasteiger partial charge in [0.25, 0.3) is 11.7 Å². The van der Waals surface area contributed by atoms with Gasteiger partial charge >= 0.3 is 17.9 Å². The molecule has 0 aromatic carbocycles. The molecule has 4 rings (SSSR count). The standard InChI is InChI=1S/C58H89NO17/c1-34-18-14-13-15-19-35(2)47(70-10)30-43-23-21-40(7)58(69,76-43)53(65)54(66)59-25-17-16-20-44(59)55(67)74-48(37(4)28-42-22-24-46(49(29-42)71-11)75-56(68)57(9,32-60)33-61)31-45(63)36(3)27-39(6)51(73-41(8)62)52(72-12)50(64)38(5)26-34/h13-15,18-19,27,34,36-38,40,42-44,46-49,51-52,60-61,69H,16-17,20-26,28-33H2,1-12H3/b15-13+,18-14+,35-19+,39-27+/t34-,36-,37-,38-,40-,42+,43+,44+,46-,47+,48+,49-,51-,52+,58-/m1/s1. The normalized spacial score (nSPS) is 36.3. The number of rotatable bonds is 11. The summed E-state index contributed by atoms with van der Waals surface area (Å²) in [7, 11) is 4.43. The average Bonchev–Trinajstić information content (AvgIpc) is 3.39. The van der Waals surface area contributed by atoms with Crippen molar-refractivity contribution in [1.29, 1.82) is 0 Å². The molecule has 76 heavy (non-hydrogen) atoms. The Balaban J connectivity index is 1.74. The number of piperidine rings is 1. The van der Waals surface area contributed by atoms with Crippen LogP contribution in [-0.4, -0.2) is 157 Å². The van der Waals surface area contributed by atoms with E-state index in [1.807, 2.05) is 51.2 Å². The number of ketones is 3. The van der Waals surface area contributed by atoms with Gasteiger partial charge in [0.1, 0.15) is 29.4 Å². The number of hydrogen-bond acceptors (Lipinski definition) is 17. The van der Waals surface area contributed by atoms with Gasteiger partial charge in [-0.25, -0.2) is 4.79 Å². The Hall–Kier alpha value is -4.43. The van der Waals surface area contributed by atoms with Crippen LogP contribution in [0.2, 0.25) is 0 Å². The second kappa shape index (κ2) is 29.5. The second-order valence-corrected chi connectivity index (χ2v) is 22.4. The molecule has 0 unspecified atom stereocenters. The number of cyclic esters (lactones) is 1. The van der Waals surface area contributed by atoms with Gasteiger partial charge in [-0.1, -0.05) is 71.1 Å². The predicted molar refractivity (Wildman–Crippen MR) is 281 cm³/mol. The van der Waals surface area contributed by atoms with Crippen LogP contribution in [0, 0.1) is 40.9 Å². The zero-order valence-electron chi connectivity index (χ0n) is 47.2. The first-order chi connectivity index (χ1) is 35.9. The minimum atomic E-state index is -2.48. The van der Waals surface area contributed by atoms with Crippen molar-refractivity contribution in [3.8, 4) is 0 Å². The number of aliphatic hydroxyl groups is 3. The highest BCUT2D eigenvalue weighted by atomic mass is 16.6. The summed E-state index contributed by atoms with van der Waals surface area (Å²) < 4.78 is 41.4. The fraction of sp³-hybridized carbons (Fsp3) is 0.741. The van der Waals surface area contributed by atoms with Gasteiger partial charge < -0.3 is 53.4 Å². The van der Waals surface area contributed by atoms with E-state index in [-0.39, 0.29) is 49.2 Å². The zero-order valence-corrected chi connectivity index (χ0v) is 47.2. The molecule has 2 bridgehead atoms. The molecule has 2 saturated heterocycles. The molecule has 0 radical (unpaired) electrons. The molecule has 428 valence electrons. The van der Waals surface area contributed by atoms with Crippen molar-refractivity contribution in [1.82, 2.24) is 4.90 Å². The maximum Gasteiger partial charge on any atom is 0.329 e. The van der Waals surface area contributed by atoms with E-state index in [0.717, 1.165) is 10.5 Å². The first-order valence-electron chi connectivity index (χ1n) is 27.3. The van der Waals surface area contributed by atoms with E-state index in [1.165, 1.54) is 28.1 Å².